The second-order valence-electron chi connectivity index (χ2n) is 10.7. The summed E-state index contributed by atoms with van der Waals surface area (Å²) in [6.07, 6.45) is 11.1. The number of fused-ring (bicyclic) bond motifs is 5. The van der Waals surface area contributed by atoms with Gasteiger partial charge in [-0.05, 0) is 99.7 Å². The van der Waals surface area contributed by atoms with Gasteiger partial charge in [-0.3, -0.25) is 0 Å². The summed E-state index contributed by atoms with van der Waals surface area (Å²) < 4.78 is 5.32. The van der Waals surface area contributed by atoms with Gasteiger partial charge in [0.2, 0.25) is 0 Å². The zero-order valence-electron chi connectivity index (χ0n) is 16.9. The number of nitrogens with zero attached hydrogens (tertiary/aromatic N) is 1. The van der Waals surface area contributed by atoms with Crippen LogP contribution in [-0.2, 0) is 6.61 Å². The fourth-order valence-corrected chi connectivity index (χ4v) is 8.14. The molecule has 0 saturated heterocycles. The molecule has 4 saturated carbocycles. The van der Waals surface area contributed by atoms with Gasteiger partial charge < -0.3 is 14.7 Å². The Kier molecular flexibility index (Phi) is 4.25. The van der Waals surface area contributed by atoms with E-state index in [1.54, 1.807) is 0 Å². The van der Waals surface area contributed by atoms with E-state index in [1.807, 2.05) is 13.0 Å². The summed E-state index contributed by atoms with van der Waals surface area (Å²) in [6.45, 7) is 4.50. The van der Waals surface area contributed by atoms with Gasteiger partial charge in [0, 0.05) is 12.0 Å². The van der Waals surface area contributed by atoms with E-state index < -0.39 is 5.60 Å². The Morgan fingerprint density at radius 1 is 1.04 bits per heavy atom. The predicted octanol–water partition coefficient (Wildman–Crippen LogP) is 4.65. The molecule has 8 atom stereocenters. The van der Waals surface area contributed by atoms with Crippen LogP contribution in [0.1, 0.15) is 89.0 Å². The van der Waals surface area contributed by atoms with Crippen molar-refractivity contribution in [1.29, 1.82) is 0 Å². The smallest absolute Gasteiger partial charge is 0.162 e. The molecule has 1 unspecified atom stereocenters. The first-order chi connectivity index (χ1) is 12.9. The van der Waals surface area contributed by atoms with Crippen molar-refractivity contribution >= 4 is 0 Å². The summed E-state index contributed by atoms with van der Waals surface area (Å²) in [5.74, 6) is 5.22. The van der Waals surface area contributed by atoms with Crippen LogP contribution in [-0.4, -0.2) is 21.0 Å². The van der Waals surface area contributed by atoms with Crippen molar-refractivity contribution in [2.45, 2.75) is 89.8 Å². The third kappa shape index (κ3) is 2.81. The van der Waals surface area contributed by atoms with Crippen molar-refractivity contribution < 1.29 is 14.7 Å². The monoisotopic (exact) mass is 373 g/mol. The van der Waals surface area contributed by atoms with Crippen molar-refractivity contribution in [3.63, 3.8) is 0 Å². The molecule has 4 fully saturated rings. The van der Waals surface area contributed by atoms with E-state index >= 15 is 0 Å². The zero-order chi connectivity index (χ0) is 18.8. The molecule has 1 aromatic rings. The van der Waals surface area contributed by atoms with E-state index in [0.717, 1.165) is 48.1 Å². The Morgan fingerprint density at radius 2 is 1.85 bits per heavy atom. The lowest BCUT2D eigenvalue weighted by atomic mass is 9.49. The highest BCUT2D eigenvalue weighted by atomic mass is 16.5. The van der Waals surface area contributed by atoms with Crippen molar-refractivity contribution in [2.24, 2.45) is 35.0 Å². The maximum atomic E-state index is 10.6. The van der Waals surface area contributed by atoms with E-state index in [-0.39, 0.29) is 6.61 Å². The predicted molar refractivity (Wildman–Crippen MR) is 103 cm³/mol. The van der Waals surface area contributed by atoms with Crippen LogP contribution in [0.25, 0.3) is 0 Å². The molecule has 0 aliphatic heterocycles. The van der Waals surface area contributed by atoms with Gasteiger partial charge in [-0.25, -0.2) is 0 Å². The van der Waals surface area contributed by atoms with Gasteiger partial charge in [-0.1, -0.05) is 12.1 Å². The number of hydrogen-bond donors (Lipinski definition) is 2. The van der Waals surface area contributed by atoms with E-state index in [0.29, 0.717) is 17.1 Å². The van der Waals surface area contributed by atoms with Crippen LogP contribution in [0.5, 0.6) is 0 Å². The fourth-order valence-electron chi connectivity index (χ4n) is 8.14. The number of hydrogen-bond acceptors (Lipinski definition) is 4. The van der Waals surface area contributed by atoms with Gasteiger partial charge >= 0.3 is 0 Å². The molecule has 4 nitrogen and oxygen atoms in total. The number of aliphatic hydroxyl groups is 2. The first-order valence-electron chi connectivity index (χ1n) is 11.2. The fraction of sp³-hybridized carbons (Fsp3) is 0.870. The Labute approximate surface area is 162 Å². The largest absolute Gasteiger partial charge is 0.390 e. The lowest BCUT2D eigenvalue weighted by molar-refractivity contribution is -0.0960. The van der Waals surface area contributed by atoms with Crippen molar-refractivity contribution in [1.82, 2.24) is 5.16 Å². The lowest BCUT2D eigenvalue weighted by Gasteiger charge is -2.56. The quantitative estimate of drug-likeness (QED) is 0.791. The molecule has 5 rings (SSSR count). The van der Waals surface area contributed by atoms with Crippen LogP contribution in [0.3, 0.4) is 0 Å². The summed E-state index contributed by atoms with van der Waals surface area (Å²) >= 11 is 0. The summed E-state index contributed by atoms with van der Waals surface area (Å²) in [5, 5.41) is 24.2. The molecule has 0 spiro atoms. The van der Waals surface area contributed by atoms with Crippen LogP contribution in [0, 0.1) is 35.0 Å². The van der Waals surface area contributed by atoms with Crippen LogP contribution >= 0.6 is 0 Å². The SMILES string of the molecule is C[C@@]1(O)CC[C@H]2[C@@H](CCC3[C@@H]2CC[C@]2(C)[C@@H](c4cc(CO)on4)CC[C@@H]32)C1. The molecule has 4 aliphatic rings. The minimum Gasteiger partial charge on any atom is -0.390 e. The maximum Gasteiger partial charge on any atom is 0.162 e. The summed E-state index contributed by atoms with van der Waals surface area (Å²) in [4.78, 5) is 0. The van der Waals surface area contributed by atoms with Crippen LogP contribution in [0.15, 0.2) is 10.6 Å². The van der Waals surface area contributed by atoms with Gasteiger partial charge in [-0.2, -0.15) is 0 Å². The Hall–Kier alpha value is -0.870. The summed E-state index contributed by atoms with van der Waals surface area (Å²) in [6, 6.07) is 1.99. The van der Waals surface area contributed by atoms with E-state index in [9.17, 15) is 10.2 Å². The average Bonchev–Trinajstić information content (AvgIpc) is 3.23. The van der Waals surface area contributed by atoms with Gasteiger partial charge in [0.05, 0.1) is 11.3 Å². The van der Waals surface area contributed by atoms with Gasteiger partial charge in [0.25, 0.3) is 0 Å². The van der Waals surface area contributed by atoms with Crippen LogP contribution < -0.4 is 0 Å². The standard InChI is InChI=1S/C23H35NO3/c1-22(26)9-7-16-14(12-22)3-4-18-17(16)8-10-23(2)19(18)5-6-20(23)21-11-15(13-25)27-24-21/h11,14,16-20,25-26H,3-10,12-13H2,1-2H3/t14-,16-,17+,18?,19-,20+,22+,23-/m0/s1. The third-order valence-electron chi connectivity index (χ3n) is 9.33. The maximum absolute atomic E-state index is 10.6. The second kappa shape index (κ2) is 6.32. The molecule has 150 valence electrons. The highest BCUT2D eigenvalue weighted by molar-refractivity contribution is 5.19. The lowest BCUT2D eigenvalue weighted by Crippen LogP contribution is -2.50. The molecule has 0 amide bonds. The Balaban J connectivity index is 1.37. The highest BCUT2D eigenvalue weighted by Crippen LogP contribution is 2.66. The molecular weight excluding hydrogens is 338 g/mol. The molecule has 27 heavy (non-hydrogen) atoms. The van der Waals surface area contributed by atoms with Crippen molar-refractivity contribution in [2.75, 3.05) is 0 Å². The van der Waals surface area contributed by atoms with Gasteiger partial charge in [0.1, 0.15) is 6.61 Å². The van der Waals surface area contributed by atoms with Gasteiger partial charge in [-0.15, -0.1) is 0 Å². The average molecular weight is 374 g/mol. The van der Waals surface area contributed by atoms with E-state index in [1.165, 1.54) is 44.9 Å². The molecule has 0 radical (unpaired) electrons. The molecular formula is C23H35NO3. The second-order valence-corrected chi connectivity index (χ2v) is 10.7. The molecule has 1 heterocycles. The van der Waals surface area contributed by atoms with Crippen LogP contribution in [0.4, 0.5) is 0 Å². The number of aliphatic hydroxyl groups excluding tert-OH is 1. The Bertz CT molecular complexity index is 698. The number of rotatable bonds is 2. The summed E-state index contributed by atoms with van der Waals surface area (Å²) in [7, 11) is 0. The van der Waals surface area contributed by atoms with Crippen molar-refractivity contribution in [3.8, 4) is 0 Å². The highest BCUT2D eigenvalue weighted by Gasteiger charge is 2.58. The van der Waals surface area contributed by atoms with E-state index in [2.05, 4.69) is 12.1 Å². The van der Waals surface area contributed by atoms with Crippen molar-refractivity contribution in [3.05, 3.63) is 17.5 Å². The minimum absolute atomic E-state index is 0.0581. The third-order valence-corrected chi connectivity index (χ3v) is 9.33. The zero-order valence-corrected chi connectivity index (χ0v) is 16.9. The molecule has 0 aromatic carbocycles. The van der Waals surface area contributed by atoms with Gasteiger partial charge in [0.15, 0.2) is 5.76 Å². The normalized spacial score (nSPS) is 49.3. The molecule has 0 bridgehead atoms. The van der Waals surface area contributed by atoms with E-state index in [4.69, 9.17) is 4.52 Å². The number of aromatic nitrogens is 1. The molecule has 1 aromatic heterocycles. The topological polar surface area (TPSA) is 66.5 Å². The summed E-state index contributed by atoms with van der Waals surface area (Å²) in [5.41, 5.74) is 0.981. The van der Waals surface area contributed by atoms with Crippen LogP contribution in [0.2, 0.25) is 0 Å². The molecule has 4 heteroatoms. The minimum atomic E-state index is -0.424. The molecule has 4 aliphatic carbocycles. The molecule has 2 N–H and O–H groups in total. The first-order valence-corrected chi connectivity index (χ1v) is 11.2. The first kappa shape index (κ1) is 18.2. The Morgan fingerprint density at radius 3 is 2.63 bits per heavy atom.